The Bertz CT molecular complexity index is 747. The number of nitrogens with one attached hydrogen (secondary N) is 1. The number of carbonyl (C=O) groups excluding carboxylic acids is 1. The van der Waals surface area contributed by atoms with E-state index >= 15 is 0 Å². The fourth-order valence-corrected chi connectivity index (χ4v) is 5.53. The monoisotopic (exact) mass is 321 g/mol. The van der Waals surface area contributed by atoms with Gasteiger partial charge in [-0.1, -0.05) is 0 Å². The lowest BCUT2D eigenvalue weighted by atomic mass is 9.74. The summed E-state index contributed by atoms with van der Waals surface area (Å²) in [4.78, 5) is 16.5. The van der Waals surface area contributed by atoms with Gasteiger partial charge in [-0.05, 0) is 44.2 Å². The molecule has 2 fully saturated rings. The van der Waals surface area contributed by atoms with E-state index in [1.165, 1.54) is 0 Å². The van der Waals surface area contributed by atoms with Gasteiger partial charge in [0.2, 0.25) is 15.9 Å². The number of pyridine rings is 1. The number of piperidine rings is 1. The summed E-state index contributed by atoms with van der Waals surface area (Å²) in [6.45, 7) is 2.64. The molecular formula is C15H19N3O3S. The lowest BCUT2D eigenvalue weighted by molar-refractivity contribution is -0.122. The van der Waals surface area contributed by atoms with E-state index in [9.17, 15) is 13.2 Å². The summed E-state index contributed by atoms with van der Waals surface area (Å²) in [6, 6.07) is 1.87. The van der Waals surface area contributed by atoms with Crippen LogP contribution in [0, 0.1) is 0 Å². The van der Waals surface area contributed by atoms with E-state index < -0.39 is 20.2 Å². The first-order valence-electron chi connectivity index (χ1n) is 7.65. The maximum atomic E-state index is 12.6. The highest BCUT2D eigenvalue weighted by Crippen LogP contribution is 2.48. The third-order valence-electron chi connectivity index (χ3n) is 5.51. The first-order chi connectivity index (χ1) is 10.4. The zero-order valence-corrected chi connectivity index (χ0v) is 13.3. The van der Waals surface area contributed by atoms with Gasteiger partial charge in [0.25, 0.3) is 0 Å². The van der Waals surface area contributed by atoms with Gasteiger partial charge in [-0.15, -0.1) is 0 Å². The van der Waals surface area contributed by atoms with Crippen molar-refractivity contribution in [3.63, 3.8) is 0 Å². The maximum Gasteiger partial charge on any atom is 0.235 e. The highest BCUT2D eigenvalue weighted by Gasteiger charge is 2.56. The quantitative estimate of drug-likeness (QED) is 0.889. The lowest BCUT2D eigenvalue weighted by Gasteiger charge is -2.38. The van der Waals surface area contributed by atoms with Gasteiger partial charge >= 0.3 is 0 Å². The van der Waals surface area contributed by atoms with Crippen LogP contribution in [0.25, 0.3) is 0 Å². The molecule has 4 rings (SSSR count). The Kier molecular flexibility index (Phi) is 2.76. The van der Waals surface area contributed by atoms with Gasteiger partial charge in [-0.2, -0.15) is 0 Å². The molecule has 0 radical (unpaired) electrons. The normalized spacial score (nSPS) is 25.8. The summed E-state index contributed by atoms with van der Waals surface area (Å²) in [7, 11) is -3.24. The average Bonchev–Trinajstić information content (AvgIpc) is 3.21. The number of hydrogen-bond acceptors (Lipinski definition) is 4. The van der Waals surface area contributed by atoms with Crippen molar-refractivity contribution in [3.05, 3.63) is 24.0 Å². The molecule has 6 nitrogen and oxygen atoms in total. The number of sulfonamides is 1. The van der Waals surface area contributed by atoms with E-state index in [0.29, 0.717) is 25.9 Å². The molecule has 1 spiro atoms. The lowest BCUT2D eigenvalue weighted by Crippen LogP contribution is -2.50. The minimum Gasteiger partial charge on any atom is -0.324 e. The zero-order valence-electron chi connectivity index (χ0n) is 12.5. The molecule has 1 aliphatic carbocycles. The molecule has 3 aliphatic rings. The molecule has 22 heavy (non-hydrogen) atoms. The smallest absolute Gasteiger partial charge is 0.235 e. The van der Waals surface area contributed by atoms with Gasteiger partial charge in [0.1, 0.15) is 0 Å². The molecule has 1 saturated carbocycles. The number of nitrogens with zero attached hydrogens (tertiary/aromatic N) is 2. The van der Waals surface area contributed by atoms with Crippen molar-refractivity contribution < 1.29 is 13.2 Å². The van der Waals surface area contributed by atoms with Crippen LogP contribution in [0.1, 0.15) is 38.2 Å². The number of fused-ring (bicyclic) bond motifs is 2. The van der Waals surface area contributed by atoms with Crippen molar-refractivity contribution >= 4 is 21.6 Å². The second-order valence-electron chi connectivity index (χ2n) is 6.81. The van der Waals surface area contributed by atoms with Crippen LogP contribution >= 0.6 is 0 Å². The Labute approximate surface area is 130 Å². The van der Waals surface area contributed by atoms with Crippen LogP contribution in [0.5, 0.6) is 0 Å². The summed E-state index contributed by atoms with van der Waals surface area (Å²) >= 11 is 0. The largest absolute Gasteiger partial charge is 0.324 e. The molecule has 0 aromatic carbocycles. The number of anilines is 1. The van der Waals surface area contributed by atoms with Crippen LogP contribution in [-0.4, -0.2) is 41.5 Å². The van der Waals surface area contributed by atoms with Crippen LogP contribution in [0.4, 0.5) is 5.69 Å². The zero-order chi connectivity index (χ0) is 15.6. The fourth-order valence-electron chi connectivity index (χ4n) is 3.63. The topological polar surface area (TPSA) is 79.4 Å². The average molecular weight is 321 g/mol. The highest BCUT2D eigenvalue weighted by atomic mass is 32.2. The van der Waals surface area contributed by atoms with Gasteiger partial charge in [0.15, 0.2) is 0 Å². The number of amides is 1. The van der Waals surface area contributed by atoms with Crippen LogP contribution in [0.2, 0.25) is 0 Å². The van der Waals surface area contributed by atoms with Gasteiger partial charge in [-0.3, -0.25) is 9.78 Å². The summed E-state index contributed by atoms with van der Waals surface area (Å²) in [5, 5.41) is 2.88. The maximum absolute atomic E-state index is 12.6. The molecule has 1 saturated heterocycles. The third kappa shape index (κ3) is 1.72. The molecule has 0 atom stereocenters. The van der Waals surface area contributed by atoms with Crippen molar-refractivity contribution in [2.24, 2.45) is 0 Å². The van der Waals surface area contributed by atoms with Crippen molar-refractivity contribution in [1.29, 1.82) is 0 Å². The van der Waals surface area contributed by atoms with E-state index in [1.54, 1.807) is 16.7 Å². The molecule has 1 N–H and O–H groups in total. The Hall–Kier alpha value is -1.47. The van der Waals surface area contributed by atoms with Gasteiger partial charge in [0.05, 0.1) is 22.0 Å². The SMILES string of the molecule is CC1(S(=O)(=O)N2CCC3(CC2)C(=O)Nc2cnccc23)CC1. The Morgan fingerprint density at radius 1 is 1.23 bits per heavy atom. The van der Waals surface area contributed by atoms with Crippen molar-refractivity contribution in [2.45, 2.75) is 42.8 Å². The molecular weight excluding hydrogens is 302 g/mol. The van der Waals surface area contributed by atoms with Gasteiger partial charge in [0, 0.05) is 19.3 Å². The molecule has 0 bridgehead atoms. The van der Waals surface area contributed by atoms with E-state index in [1.807, 2.05) is 13.0 Å². The standard InChI is InChI=1S/C15H19N3O3S/c1-14(3-4-14)22(20,21)18-8-5-15(6-9-18)11-2-7-16-10-12(11)17-13(15)19/h2,7,10H,3-6,8-9H2,1H3,(H,17,19). The summed E-state index contributed by atoms with van der Waals surface area (Å²) in [6.07, 6.45) is 5.90. The van der Waals surface area contributed by atoms with Crippen molar-refractivity contribution in [2.75, 3.05) is 18.4 Å². The van der Waals surface area contributed by atoms with Gasteiger partial charge in [-0.25, -0.2) is 12.7 Å². The highest BCUT2D eigenvalue weighted by molar-refractivity contribution is 7.90. The number of hydrogen-bond donors (Lipinski definition) is 1. The first-order valence-corrected chi connectivity index (χ1v) is 9.09. The van der Waals surface area contributed by atoms with E-state index in [0.717, 1.165) is 24.1 Å². The van der Waals surface area contributed by atoms with Crippen LogP contribution in [-0.2, 0) is 20.2 Å². The molecule has 1 amide bonds. The summed E-state index contributed by atoms with van der Waals surface area (Å²) < 4.78 is 26.2. The van der Waals surface area contributed by atoms with Crippen molar-refractivity contribution in [1.82, 2.24) is 9.29 Å². The molecule has 2 aliphatic heterocycles. The van der Waals surface area contributed by atoms with Gasteiger partial charge < -0.3 is 5.32 Å². The molecule has 118 valence electrons. The molecule has 3 heterocycles. The predicted octanol–water partition coefficient (Wildman–Crippen LogP) is 1.25. The minimum atomic E-state index is -3.24. The predicted molar refractivity (Wildman–Crippen MR) is 81.9 cm³/mol. The molecule has 1 aromatic rings. The van der Waals surface area contributed by atoms with E-state index in [-0.39, 0.29) is 5.91 Å². The van der Waals surface area contributed by atoms with Crippen LogP contribution < -0.4 is 5.32 Å². The number of rotatable bonds is 2. The Morgan fingerprint density at radius 3 is 2.55 bits per heavy atom. The fraction of sp³-hybridized carbons (Fsp3) is 0.600. The summed E-state index contributed by atoms with van der Waals surface area (Å²) in [5.74, 6) is -0.0230. The van der Waals surface area contributed by atoms with E-state index in [4.69, 9.17) is 0 Å². The van der Waals surface area contributed by atoms with Crippen LogP contribution in [0.3, 0.4) is 0 Å². The van der Waals surface area contributed by atoms with Crippen LogP contribution in [0.15, 0.2) is 18.5 Å². The number of carbonyl (C=O) groups is 1. The summed E-state index contributed by atoms with van der Waals surface area (Å²) in [5.41, 5.74) is 1.13. The first kappa shape index (κ1) is 14.1. The third-order valence-corrected chi connectivity index (χ3v) is 8.21. The van der Waals surface area contributed by atoms with E-state index in [2.05, 4.69) is 10.3 Å². The minimum absolute atomic E-state index is 0.0230. The molecule has 1 aromatic heterocycles. The Balaban J connectivity index is 1.61. The second kappa shape index (κ2) is 4.29. The molecule has 0 unspecified atom stereocenters. The Morgan fingerprint density at radius 2 is 1.91 bits per heavy atom. The number of aromatic nitrogens is 1. The molecule has 7 heteroatoms. The van der Waals surface area contributed by atoms with Crippen molar-refractivity contribution in [3.8, 4) is 0 Å². The second-order valence-corrected chi connectivity index (χ2v) is 9.26.